The Labute approximate surface area is 103 Å². The predicted molar refractivity (Wildman–Crippen MR) is 66.3 cm³/mol. The first-order valence-electron chi connectivity index (χ1n) is 5.20. The quantitative estimate of drug-likeness (QED) is 0.626. The van der Waals surface area contributed by atoms with Crippen LogP contribution in [0.4, 0.5) is 5.82 Å². The van der Waals surface area contributed by atoms with Crippen molar-refractivity contribution < 1.29 is 14.8 Å². The number of nitrogens with zero attached hydrogens (tertiary/aromatic N) is 2. The molecule has 0 fully saturated rings. The van der Waals surface area contributed by atoms with E-state index in [2.05, 4.69) is 15.3 Å². The maximum Gasteiger partial charge on any atom is 0.488 e. The number of carbonyl (C=O) groups excluding carboxylic acids is 1. The third kappa shape index (κ3) is 2.90. The average molecular weight is 243 g/mol. The van der Waals surface area contributed by atoms with Crippen molar-refractivity contribution in [2.75, 3.05) is 5.32 Å². The monoisotopic (exact) mass is 243 g/mol. The molecule has 0 radical (unpaired) electrons. The highest BCUT2D eigenvalue weighted by atomic mass is 16.4. The van der Waals surface area contributed by atoms with E-state index in [1.807, 2.05) is 0 Å². The van der Waals surface area contributed by atoms with Crippen LogP contribution in [-0.4, -0.2) is 33.0 Å². The molecule has 1 amide bonds. The molecule has 18 heavy (non-hydrogen) atoms. The first-order valence-corrected chi connectivity index (χ1v) is 5.20. The predicted octanol–water partition coefficient (Wildman–Crippen LogP) is -0.591. The third-order valence-corrected chi connectivity index (χ3v) is 2.28. The summed E-state index contributed by atoms with van der Waals surface area (Å²) in [6.07, 6.45) is 4.41. The number of nitrogens with one attached hydrogen (secondary N) is 1. The van der Waals surface area contributed by atoms with E-state index in [1.54, 1.807) is 0 Å². The van der Waals surface area contributed by atoms with Crippen LogP contribution in [0.3, 0.4) is 0 Å². The van der Waals surface area contributed by atoms with Crippen molar-refractivity contribution in [3.05, 3.63) is 48.4 Å². The van der Waals surface area contributed by atoms with Gasteiger partial charge in [0.2, 0.25) is 0 Å². The Balaban J connectivity index is 2.10. The fraction of sp³-hybridized carbons (Fsp3) is 0. The molecule has 0 aliphatic carbocycles. The number of aromatic nitrogens is 2. The van der Waals surface area contributed by atoms with E-state index in [0.717, 1.165) is 0 Å². The summed E-state index contributed by atoms with van der Waals surface area (Å²) in [5, 5.41) is 20.4. The molecule has 0 aliphatic heterocycles. The summed E-state index contributed by atoms with van der Waals surface area (Å²) >= 11 is 0. The molecule has 2 rings (SSSR count). The van der Waals surface area contributed by atoms with E-state index >= 15 is 0 Å². The molecule has 2 aromatic rings. The van der Waals surface area contributed by atoms with Gasteiger partial charge in [0.1, 0.15) is 0 Å². The number of hydrogen-bond acceptors (Lipinski definition) is 5. The summed E-state index contributed by atoms with van der Waals surface area (Å²) in [4.78, 5) is 19.5. The van der Waals surface area contributed by atoms with Gasteiger partial charge in [-0.25, -0.2) is 4.98 Å². The molecule has 0 unspecified atom stereocenters. The second kappa shape index (κ2) is 5.39. The molecule has 1 heterocycles. The molecule has 0 aliphatic rings. The fourth-order valence-corrected chi connectivity index (χ4v) is 1.36. The van der Waals surface area contributed by atoms with Gasteiger partial charge in [-0.1, -0.05) is 12.1 Å². The molecular formula is C11H10BN3O3. The van der Waals surface area contributed by atoms with E-state index in [9.17, 15) is 4.79 Å². The van der Waals surface area contributed by atoms with Crippen molar-refractivity contribution in [3.8, 4) is 0 Å². The lowest BCUT2D eigenvalue weighted by molar-refractivity contribution is 0.102. The molecule has 3 N–H and O–H groups in total. The lowest BCUT2D eigenvalue weighted by atomic mass is 9.80. The highest BCUT2D eigenvalue weighted by Crippen LogP contribution is 2.03. The number of amides is 1. The summed E-state index contributed by atoms with van der Waals surface area (Å²) in [5.74, 6) is 0.0169. The van der Waals surface area contributed by atoms with Crippen LogP contribution in [0.5, 0.6) is 0 Å². The first-order chi connectivity index (χ1) is 8.66. The van der Waals surface area contributed by atoms with Gasteiger partial charge in [-0.05, 0) is 17.6 Å². The van der Waals surface area contributed by atoms with E-state index in [1.165, 1.54) is 42.9 Å². The average Bonchev–Trinajstić information content (AvgIpc) is 2.40. The Morgan fingerprint density at radius 3 is 2.44 bits per heavy atom. The Kier molecular flexibility index (Phi) is 3.66. The van der Waals surface area contributed by atoms with E-state index in [-0.39, 0.29) is 5.91 Å². The molecular weight excluding hydrogens is 233 g/mol. The summed E-state index contributed by atoms with van der Waals surface area (Å²) in [6, 6.07) is 5.94. The normalized spacial score (nSPS) is 9.89. The number of carbonyl (C=O) groups is 1. The zero-order valence-corrected chi connectivity index (χ0v) is 9.32. The first kappa shape index (κ1) is 12.2. The van der Waals surface area contributed by atoms with Crippen molar-refractivity contribution in [3.63, 3.8) is 0 Å². The smallest absolute Gasteiger partial charge is 0.423 e. The van der Waals surface area contributed by atoms with Gasteiger partial charge in [-0.3, -0.25) is 9.78 Å². The van der Waals surface area contributed by atoms with Gasteiger partial charge in [-0.15, -0.1) is 0 Å². The van der Waals surface area contributed by atoms with E-state index in [4.69, 9.17) is 10.0 Å². The second-order valence-electron chi connectivity index (χ2n) is 3.54. The molecule has 0 spiro atoms. The highest BCUT2D eigenvalue weighted by molar-refractivity contribution is 6.58. The fourth-order valence-electron chi connectivity index (χ4n) is 1.36. The van der Waals surface area contributed by atoms with Gasteiger partial charge in [0.25, 0.3) is 5.91 Å². The molecule has 90 valence electrons. The Hall–Kier alpha value is -2.25. The van der Waals surface area contributed by atoms with Crippen molar-refractivity contribution in [1.29, 1.82) is 0 Å². The van der Waals surface area contributed by atoms with Crippen LogP contribution < -0.4 is 10.8 Å². The number of anilines is 1. The van der Waals surface area contributed by atoms with Crippen molar-refractivity contribution >= 4 is 24.3 Å². The van der Waals surface area contributed by atoms with Gasteiger partial charge in [-0.2, -0.15) is 0 Å². The molecule has 0 saturated carbocycles. The van der Waals surface area contributed by atoms with Crippen LogP contribution in [0.2, 0.25) is 0 Å². The Morgan fingerprint density at radius 2 is 1.89 bits per heavy atom. The van der Waals surface area contributed by atoms with E-state index < -0.39 is 7.12 Å². The second-order valence-corrected chi connectivity index (χ2v) is 3.54. The topological polar surface area (TPSA) is 95.3 Å². The van der Waals surface area contributed by atoms with Gasteiger partial charge in [0.05, 0.1) is 6.20 Å². The van der Waals surface area contributed by atoms with Crippen LogP contribution in [0.15, 0.2) is 42.9 Å². The minimum Gasteiger partial charge on any atom is -0.423 e. The molecule has 7 heteroatoms. The molecule has 0 bridgehead atoms. The Morgan fingerprint density at radius 1 is 1.17 bits per heavy atom. The van der Waals surface area contributed by atoms with Crippen molar-refractivity contribution in [2.24, 2.45) is 0 Å². The lowest BCUT2D eigenvalue weighted by Crippen LogP contribution is -2.29. The number of hydrogen-bond donors (Lipinski definition) is 3. The van der Waals surface area contributed by atoms with Crippen LogP contribution in [0.25, 0.3) is 0 Å². The third-order valence-electron chi connectivity index (χ3n) is 2.28. The van der Waals surface area contributed by atoms with Crippen molar-refractivity contribution in [1.82, 2.24) is 9.97 Å². The van der Waals surface area contributed by atoms with Gasteiger partial charge in [0.15, 0.2) is 5.82 Å². The van der Waals surface area contributed by atoms with Crippen LogP contribution in [0.1, 0.15) is 10.4 Å². The summed E-state index contributed by atoms with van der Waals surface area (Å²) < 4.78 is 0. The minimum absolute atomic E-state index is 0.325. The molecule has 6 nitrogen and oxygen atoms in total. The van der Waals surface area contributed by atoms with Gasteiger partial charge < -0.3 is 15.4 Å². The molecule has 0 saturated heterocycles. The SMILES string of the molecule is O=C(Nc1cnccn1)c1ccc(B(O)O)cc1. The minimum atomic E-state index is -1.54. The lowest BCUT2D eigenvalue weighted by Gasteiger charge is -2.04. The van der Waals surface area contributed by atoms with Crippen LogP contribution >= 0.6 is 0 Å². The van der Waals surface area contributed by atoms with E-state index in [0.29, 0.717) is 16.8 Å². The van der Waals surface area contributed by atoms with Gasteiger partial charge in [0, 0.05) is 18.0 Å². The maximum absolute atomic E-state index is 11.8. The number of benzene rings is 1. The van der Waals surface area contributed by atoms with Gasteiger partial charge >= 0.3 is 7.12 Å². The summed E-state index contributed by atoms with van der Waals surface area (Å²) in [7, 11) is -1.54. The molecule has 0 atom stereocenters. The van der Waals surface area contributed by atoms with Crippen LogP contribution in [0, 0.1) is 0 Å². The zero-order valence-electron chi connectivity index (χ0n) is 9.32. The maximum atomic E-state index is 11.8. The molecule has 1 aromatic heterocycles. The van der Waals surface area contributed by atoms with Crippen LogP contribution in [-0.2, 0) is 0 Å². The largest absolute Gasteiger partial charge is 0.488 e. The zero-order chi connectivity index (χ0) is 13.0. The Bertz CT molecular complexity index is 531. The van der Waals surface area contributed by atoms with Crippen molar-refractivity contribution in [2.45, 2.75) is 0 Å². The summed E-state index contributed by atoms with van der Waals surface area (Å²) in [6.45, 7) is 0. The summed E-state index contributed by atoms with van der Waals surface area (Å²) in [5.41, 5.74) is 0.719. The molecule has 1 aromatic carbocycles. The standard InChI is InChI=1S/C11H10BN3O3/c16-11(15-10-7-13-5-6-14-10)8-1-3-9(4-2-8)12(17)18/h1-7,17-18H,(H,14,15,16). The highest BCUT2D eigenvalue weighted by Gasteiger charge is 2.12. The number of rotatable bonds is 3.